The second-order valence-corrected chi connectivity index (χ2v) is 7.76. The molecule has 2 aromatic heterocycles. The lowest BCUT2D eigenvalue weighted by Gasteiger charge is -2.17. The fourth-order valence-electron chi connectivity index (χ4n) is 3.79. The minimum atomic E-state index is 0.587. The molecule has 6 nitrogen and oxygen atoms in total. The van der Waals surface area contributed by atoms with Gasteiger partial charge >= 0.3 is 0 Å². The average Bonchev–Trinajstić information content (AvgIpc) is 3.04. The van der Waals surface area contributed by atoms with Crippen molar-refractivity contribution in [3.8, 4) is 11.5 Å². The first kappa shape index (κ1) is 20.4. The number of methoxy groups -OCH3 is 1. The summed E-state index contributed by atoms with van der Waals surface area (Å²) in [5.74, 6) is 1.50. The van der Waals surface area contributed by atoms with Crippen LogP contribution < -0.4 is 9.47 Å². The van der Waals surface area contributed by atoms with E-state index in [1.54, 1.807) is 7.11 Å². The summed E-state index contributed by atoms with van der Waals surface area (Å²) in [7, 11) is 3.71. The van der Waals surface area contributed by atoms with E-state index in [9.17, 15) is 0 Å². The van der Waals surface area contributed by atoms with Crippen LogP contribution in [0.15, 0.2) is 48.5 Å². The topological polar surface area (TPSA) is 43.9 Å². The van der Waals surface area contributed by atoms with Crippen LogP contribution >= 0.6 is 12.2 Å². The molecule has 0 saturated carbocycles. The fraction of sp³-hybridized carbons (Fsp3) is 0.304. The predicted molar refractivity (Wildman–Crippen MR) is 122 cm³/mol. The monoisotopic (exact) mass is 422 g/mol. The Bertz CT molecular complexity index is 1260. The largest absolute Gasteiger partial charge is 0.493 e. The normalized spacial score (nSPS) is 11.5. The second kappa shape index (κ2) is 8.45. The van der Waals surface area contributed by atoms with Crippen LogP contribution in [0.25, 0.3) is 16.6 Å². The molecule has 0 N–H and O–H groups in total. The van der Waals surface area contributed by atoms with Gasteiger partial charge in [-0.3, -0.25) is 9.30 Å². The predicted octanol–water partition coefficient (Wildman–Crippen LogP) is 4.82. The highest BCUT2D eigenvalue weighted by atomic mass is 32.1. The minimum absolute atomic E-state index is 0.587. The van der Waals surface area contributed by atoms with E-state index in [1.165, 1.54) is 10.9 Å². The van der Waals surface area contributed by atoms with Crippen LogP contribution in [-0.2, 0) is 13.2 Å². The van der Waals surface area contributed by atoms with E-state index in [0.717, 1.165) is 34.8 Å². The van der Waals surface area contributed by atoms with Gasteiger partial charge in [0.2, 0.25) is 4.77 Å². The van der Waals surface area contributed by atoms with Crippen LogP contribution in [0.4, 0.5) is 0 Å². The molecule has 0 spiro atoms. The summed E-state index contributed by atoms with van der Waals surface area (Å²) in [4.78, 5) is 2.17. The third-order valence-corrected chi connectivity index (χ3v) is 5.53. The van der Waals surface area contributed by atoms with E-state index in [-0.39, 0.29) is 0 Å². The van der Waals surface area contributed by atoms with Crippen LogP contribution in [0, 0.1) is 11.7 Å². The number of benzene rings is 2. The molecule has 30 heavy (non-hydrogen) atoms. The Morgan fingerprint density at radius 2 is 1.90 bits per heavy atom. The van der Waals surface area contributed by atoms with Gasteiger partial charge < -0.3 is 9.47 Å². The first-order valence-corrected chi connectivity index (χ1v) is 10.4. The molecule has 0 aliphatic rings. The standard InChI is InChI=1S/C23H26N4O2S/c1-5-29-20-11-10-17(13-21(20)28-4)14-25(3)15-26-23(30)27-19-9-7-6-8-18(19)16(2)12-22(27)24-26/h6-13H,5,14-15H2,1-4H3. The quantitative estimate of drug-likeness (QED) is 0.399. The maximum atomic E-state index is 5.77. The summed E-state index contributed by atoms with van der Waals surface area (Å²) in [6.07, 6.45) is 0. The molecule has 0 bridgehead atoms. The van der Waals surface area contributed by atoms with Gasteiger partial charge in [-0.05, 0) is 68.5 Å². The number of fused-ring (bicyclic) bond motifs is 3. The molecular formula is C23H26N4O2S. The number of rotatable bonds is 7. The Hall–Kier alpha value is -2.90. The number of para-hydroxylation sites is 1. The molecule has 0 atom stereocenters. The molecule has 2 heterocycles. The summed E-state index contributed by atoms with van der Waals surface area (Å²) in [6, 6.07) is 16.4. The first-order valence-electron chi connectivity index (χ1n) is 9.98. The Morgan fingerprint density at radius 1 is 1.10 bits per heavy atom. The lowest BCUT2D eigenvalue weighted by molar-refractivity contribution is 0.244. The molecule has 7 heteroatoms. The van der Waals surface area contributed by atoms with Gasteiger partial charge in [0.15, 0.2) is 17.1 Å². The number of hydrogen-bond donors (Lipinski definition) is 0. The first-order chi connectivity index (χ1) is 14.5. The van der Waals surface area contributed by atoms with E-state index >= 15 is 0 Å². The van der Waals surface area contributed by atoms with Gasteiger partial charge in [-0.2, -0.15) is 5.10 Å². The second-order valence-electron chi connectivity index (χ2n) is 7.39. The molecule has 4 rings (SSSR count). The lowest BCUT2D eigenvalue weighted by Crippen LogP contribution is -2.22. The van der Waals surface area contributed by atoms with Crippen molar-refractivity contribution in [2.45, 2.75) is 27.1 Å². The Labute approximate surface area is 181 Å². The third kappa shape index (κ3) is 3.78. The van der Waals surface area contributed by atoms with E-state index < -0.39 is 0 Å². The van der Waals surface area contributed by atoms with Crippen LogP contribution in [0.1, 0.15) is 18.1 Å². The van der Waals surface area contributed by atoms with Gasteiger partial charge in [0.1, 0.15) is 0 Å². The van der Waals surface area contributed by atoms with E-state index in [4.69, 9.17) is 26.8 Å². The van der Waals surface area contributed by atoms with Crippen molar-refractivity contribution in [3.05, 3.63) is 64.4 Å². The zero-order chi connectivity index (χ0) is 21.3. The lowest BCUT2D eigenvalue weighted by atomic mass is 10.1. The van der Waals surface area contributed by atoms with E-state index in [2.05, 4.69) is 43.1 Å². The van der Waals surface area contributed by atoms with Gasteiger partial charge in [0.25, 0.3) is 0 Å². The maximum Gasteiger partial charge on any atom is 0.204 e. The summed E-state index contributed by atoms with van der Waals surface area (Å²) in [5, 5.41) is 5.96. The molecule has 0 fully saturated rings. The number of ether oxygens (including phenoxy) is 2. The maximum absolute atomic E-state index is 5.77. The smallest absolute Gasteiger partial charge is 0.204 e. The molecule has 0 saturated heterocycles. The zero-order valence-electron chi connectivity index (χ0n) is 17.8. The number of aromatic nitrogens is 3. The van der Waals surface area contributed by atoms with Crippen molar-refractivity contribution >= 4 is 28.8 Å². The molecule has 2 aromatic carbocycles. The van der Waals surface area contributed by atoms with Crippen molar-refractivity contribution < 1.29 is 9.47 Å². The number of aryl methyl sites for hydroxylation is 1. The van der Waals surface area contributed by atoms with E-state index in [1.807, 2.05) is 40.3 Å². The van der Waals surface area contributed by atoms with Gasteiger partial charge in [-0.15, -0.1) is 0 Å². The fourth-order valence-corrected chi connectivity index (χ4v) is 4.08. The average molecular weight is 423 g/mol. The summed E-state index contributed by atoms with van der Waals surface area (Å²) in [5.41, 5.74) is 4.28. The SMILES string of the molecule is CCOc1ccc(CN(C)Cn2nc3cc(C)c4ccccc4n3c2=S)cc1OC. The third-order valence-electron chi connectivity index (χ3n) is 5.14. The van der Waals surface area contributed by atoms with Gasteiger partial charge in [-0.1, -0.05) is 24.3 Å². The van der Waals surface area contributed by atoms with Crippen LogP contribution in [0.2, 0.25) is 0 Å². The van der Waals surface area contributed by atoms with Crippen molar-refractivity contribution in [2.75, 3.05) is 20.8 Å². The number of pyridine rings is 1. The molecule has 4 aromatic rings. The molecule has 0 aliphatic heterocycles. The number of hydrogen-bond acceptors (Lipinski definition) is 5. The summed E-state index contributed by atoms with van der Waals surface area (Å²) >= 11 is 5.77. The van der Waals surface area contributed by atoms with Crippen LogP contribution in [0.3, 0.4) is 0 Å². The van der Waals surface area contributed by atoms with Crippen LogP contribution in [-0.4, -0.2) is 39.8 Å². The number of nitrogens with zero attached hydrogens (tertiary/aromatic N) is 4. The van der Waals surface area contributed by atoms with Crippen molar-refractivity contribution in [3.63, 3.8) is 0 Å². The minimum Gasteiger partial charge on any atom is -0.493 e. The Balaban J connectivity index is 1.61. The summed E-state index contributed by atoms with van der Waals surface area (Å²) < 4.78 is 15.7. The molecule has 156 valence electrons. The molecule has 0 radical (unpaired) electrons. The van der Waals surface area contributed by atoms with Gasteiger partial charge in [-0.25, -0.2) is 4.68 Å². The van der Waals surface area contributed by atoms with Crippen molar-refractivity contribution in [1.29, 1.82) is 0 Å². The molecule has 0 unspecified atom stereocenters. The Kier molecular flexibility index (Phi) is 5.74. The van der Waals surface area contributed by atoms with E-state index in [0.29, 0.717) is 18.0 Å². The van der Waals surface area contributed by atoms with Gasteiger partial charge in [0, 0.05) is 11.9 Å². The summed E-state index contributed by atoms with van der Waals surface area (Å²) in [6.45, 7) is 6.00. The zero-order valence-corrected chi connectivity index (χ0v) is 18.6. The molecule has 0 aliphatic carbocycles. The highest BCUT2D eigenvalue weighted by Crippen LogP contribution is 2.28. The molecule has 0 amide bonds. The highest BCUT2D eigenvalue weighted by molar-refractivity contribution is 7.71. The molecular weight excluding hydrogens is 396 g/mol. The van der Waals surface area contributed by atoms with Crippen molar-refractivity contribution in [1.82, 2.24) is 19.1 Å². The Morgan fingerprint density at radius 3 is 2.67 bits per heavy atom. The van der Waals surface area contributed by atoms with Crippen molar-refractivity contribution in [2.24, 2.45) is 0 Å². The van der Waals surface area contributed by atoms with Crippen LogP contribution in [0.5, 0.6) is 11.5 Å². The highest BCUT2D eigenvalue weighted by Gasteiger charge is 2.12. The van der Waals surface area contributed by atoms with Gasteiger partial charge in [0.05, 0.1) is 25.9 Å².